The van der Waals surface area contributed by atoms with Crippen molar-refractivity contribution in [2.24, 2.45) is 5.92 Å². The Bertz CT molecular complexity index is 561. The maximum absolute atomic E-state index is 5.95. The number of nitrogens with one attached hydrogen (secondary N) is 1. The van der Waals surface area contributed by atoms with Crippen LogP contribution in [0.1, 0.15) is 19.4 Å². The number of halogens is 2. The van der Waals surface area contributed by atoms with Crippen LogP contribution in [0, 0.1) is 5.92 Å². The number of rotatable bonds is 3. The molecule has 0 saturated carbocycles. The quantitative estimate of drug-likeness (QED) is 0.839. The van der Waals surface area contributed by atoms with Crippen molar-refractivity contribution < 1.29 is 0 Å². The summed E-state index contributed by atoms with van der Waals surface area (Å²) in [6, 6.07) is 6.06. The third-order valence-electron chi connectivity index (χ3n) is 2.71. The number of nitrogens with two attached hydrogens (primary N) is 1. The van der Waals surface area contributed by atoms with E-state index in [1.54, 1.807) is 0 Å². The van der Waals surface area contributed by atoms with Gasteiger partial charge in [-0.2, -0.15) is 5.10 Å². The lowest BCUT2D eigenvalue weighted by molar-refractivity contribution is 0.649. The fourth-order valence-corrected chi connectivity index (χ4v) is 2.71. The third-order valence-corrected chi connectivity index (χ3v) is 3.89. The summed E-state index contributed by atoms with van der Waals surface area (Å²) in [5, 5.41) is 7.17. The SMILES string of the molecule is CC(C)Cc1c(N)n[nH]c1-c1cc(Br)ccc1Br. The molecule has 0 saturated heterocycles. The van der Waals surface area contributed by atoms with Crippen LogP contribution in [0.5, 0.6) is 0 Å². The molecule has 96 valence electrons. The molecule has 0 aliphatic heterocycles. The number of benzene rings is 1. The average Bonchev–Trinajstić information content (AvgIpc) is 2.64. The molecule has 3 nitrogen and oxygen atoms in total. The number of anilines is 1. The number of nitrogen functional groups attached to an aromatic ring is 1. The normalized spacial score (nSPS) is 11.2. The summed E-state index contributed by atoms with van der Waals surface area (Å²) in [6.45, 7) is 4.35. The van der Waals surface area contributed by atoms with Gasteiger partial charge in [0, 0.05) is 20.1 Å². The van der Waals surface area contributed by atoms with Gasteiger partial charge in [0.15, 0.2) is 0 Å². The highest BCUT2D eigenvalue weighted by molar-refractivity contribution is 9.11. The Morgan fingerprint density at radius 1 is 1.33 bits per heavy atom. The summed E-state index contributed by atoms with van der Waals surface area (Å²) < 4.78 is 2.06. The second-order valence-electron chi connectivity index (χ2n) is 4.68. The topological polar surface area (TPSA) is 54.7 Å². The van der Waals surface area contributed by atoms with E-state index in [2.05, 4.69) is 62.0 Å². The highest BCUT2D eigenvalue weighted by Crippen LogP contribution is 2.34. The van der Waals surface area contributed by atoms with Gasteiger partial charge < -0.3 is 5.73 Å². The molecule has 0 aliphatic rings. The van der Waals surface area contributed by atoms with Crippen molar-refractivity contribution in [3.8, 4) is 11.3 Å². The smallest absolute Gasteiger partial charge is 0.149 e. The van der Waals surface area contributed by atoms with E-state index in [-0.39, 0.29) is 0 Å². The summed E-state index contributed by atoms with van der Waals surface area (Å²) in [5.74, 6) is 1.13. The van der Waals surface area contributed by atoms with Gasteiger partial charge in [-0.25, -0.2) is 0 Å². The summed E-state index contributed by atoms with van der Waals surface area (Å²) in [4.78, 5) is 0. The monoisotopic (exact) mass is 371 g/mol. The number of hydrogen-bond donors (Lipinski definition) is 2. The minimum Gasteiger partial charge on any atom is -0.382 e. The van der Waals surface area contributed by atoms with E-state index in [4.69, 9.17) is 5.73 Å². The van der Waals surface area contributed by atoms with Crippen LogP contribution in [0.3, 0.4) is 0 Å². The van der Waals surface area contributed by atoms with Gasteiger partial charge >= 0.3 is 0 Å². The molecule has 0 amide bonds. The first-order valence-corrected chi connectivity index (χ1v) is 7.35. The number of aromatic nitrogens is 2. The fraction of sp³-hybridized carbons (Fsp3) is 0.308. The van der Waals surface area contributed by atoms with Crippen LogP contribution < -0.4 is 5.73 Å². The Kier molecular flexibility index (Phi) is 4.12. The lowest BCUT2D eigenvalue weighted by Crippen LogP contribution is -1.99. The van der Waals surface area contributed by atoms with E-state index in [0.717, 1.165) is 32.2 Å². The standard InChI is InChI=1S/C13H15Br2N3/c1-7(2)5-10-12(17-18-13(10)16)9-6-8(14)3-4-11(9)15/h3-4,6-7H,5H2,1-2H3,(H3,16,17,18). The molecule has 0 aliphatic carbocycles. The first-order valence-electron chi connectivity index (χ1n) is 5.77. The molecular formula is C13H15Br2N3. The molecule has 0 radical (unpaired) electrons. The predicted octanol–water partition coefficient (Wildman–Crippen LogP) is 4.38. The number of aromatic amines is 1. The van der Waals surface area contributed by atoms with Crippen LogP contribution in [0.2, 0.25) is 0 Å². The molecule has 3 N–H and O–H groups in total. The molecule has 2 aromatic rings. The van der Waals surface area contributed by atoms with Crippen molar-refractivity contribution in [3.63, 3.8) is 0 Å². The van der Waals surface area contributed by atoms with E-state index in [0.29, 0.717) is 11.7 Å². The molecule has 0 unspecified atom stereocenters. The van der Waals surface area contributed by atoms with E-state index < -0.39 is 0 Å². The van der Waals surface area contributed by atoms with E-state index in [1.165, 1.54) is 0 Å². The Morgan fingerprint density at radius 2 is 2.06 bits per heavy atom. The average molecular weight is 373 g/mol. The molecule has 1 aromatic carbocycles. The minimum atomic E-state index is 0.537. The number of hydrogen-bond acceptors (Lipinski definition) is 2. The van der Waals surface area contributed by atoms with Gasteiger partial charge in [0.05, 0.1) is 5.69 Å². The van der Waals surface area contributed by atoms with Gasteiger partial charge in [-0.05, 0) is 30.5 Å². The fourth-order valence-electron chi connectivity index (χ4n) is 1.91. The van der Waals surface area contributed by atoms with Crippen molar-refractivity contribution in [2.75, 3.05) is 5.73 Å². The third kappa shape index (κ3) is 2.78. The van der Waals surface area contributed by atoms with Crippen LogP contribution in [0.4, 0.5) is 5.82 Å². The van der Waals surface area contributed by atoms with Crippen LogP contribution in [0.25, 0.3) is 11.3 Å². The molecule has 0 fully saturated rings. The molecule has 0 bridgehead atoms. The molecule has 2 rings (SSSR count). The van der Waals surface area contributed by atoms with Crippen LogP contribution in [-0.4, -0.2) is 10.2 Å². The van der Waals surface area contributed by atoms with E-state index in [1.807, 2.05) is 12.1 Å². The van der Waals surface area contributed by atoms with Crippen molar-refractivity contribution in [1.29, 1.82) is 0 Å². The first kappa shape index (κ1) is 13.6. The van der Waals surface area contributed by atoms with Gasteiger partial charge in [-0.1, -0.05) is 45.7 Å². The summed E-state index contributed by atoms with van der Waals surface area (Å²) >= 11 is 7.06. The largest absolute Gasteiger partial charge is 0.382 e. The molecule has 1 heterocycles. The van der Waals surface area contributed by atoms with Gasteiger partial charge in [0.2, 0.25) is 0 Å². The van der Waals surface area contributed by atoms with Gasteiger partial charge in [0.25, 0.3) is 0 Å². The zero-order valence-corrected chi connectivity index (χ0v) is 13.5. The highest BCUT2D eigenvalue weighted by Gasteiger charge is 2.16. The zero-order chi connectivity index (χ0) is 13.3. The summed E-state index contributed by atoms with van der Waals surface area (Å²) in [6.07, 6.45) is 0.913. The molecule has 0 spiro atoms. The Balaban J connectivity index is 2.53. The summed E-state index contributed by atoms with van der Waals surface area (Å²) in [5.41, 5.74) is 9.10. The van der Waals surface area contributed by atoms with Gasteiger partial charge in [-0.3, -0.25) is 5.10 Å². The highest BCUT2D eigenvalue weighted by atomic mass is 79.9. The van der Waals surface area contributed by atoms with Crippen LogP contribution in [0.15, 0.2) is 27.1 Å². The van der Waals surface area contributed by atoms with E-state index in [9.17, 15) is 0 Å². The van der Waals surface area contributed by atoms with E-state index >= 15 is 0 Å². The maximum atomic E-state index is 5.95. The maximum Gasteiger partial charge on any atom is 0.149 e. The molecule has 0 atom stereocenters. The second kappa shape index (κ2) is 5.45. The van der Waals surface area contributed by atoms with Crippen molar-refractivity contribution in [2.45, 2.75) is 20.3 Å². The Morgan fingerprint density at radius 3 is 2.72 bits per heavy atom. The molecule has 5 heteroatoms. The number of nitrogens with zero attached hydrogens (tertiary/aromatic N) is 1. The number of H-pyrrole nitrogens is 1. The summed E-state index contributed by atoms with van der Waals surface area (Å²) in [7, 11) is 0. The zero-order valence-electron chi connectivity index (χ0n) is 10.3. The minimum absolute atomic E-state index is 0.537. The van der Waals surface area contributed by atoms with Crippen LogP contribution >= 0.6 is 31.9 Å². The van der Waals surface area contributed by atoms with Crippen molar-refractivity contribution >= 4 is 37.7 Å². The molecular weight excluding hydrogens is 358 g/mol. The second-order valence-corrected chi connectivity index (χ2v) is 6.45. The van der Waals surface area contributed by atoms with Crippen molar-refractivity contribution in [1.82, 2.24) is 10.2 Å². The first-order chi connectivity index (χ1) is 8.49. The predicted molar refractivity (Wildman–Crippen MR) is 82.4 cm³/mol. The lowest BCUT2D eigenvalue weighted by Gasteiger charge is -2.09. The van der Waals surface area contributed by atoms with Crippen molar-refractivity contribution in [3.05, 3.63) is 32.7 Å². The van der Waals surface area contributed by atoms with Gasteiger partial charge in [0.1, 0.15) is 5.82 Å². The lowest BCUT2D eigenvalue weighted by atomic mass is 9.99. The molecule has 1 aromatic heterocycles. The van der Waals surface area contributed by atoms with Gasteiger partial charge in [-0.15, -0.1) is 0 Å². The van der Waals surface area contributed by atoms with Crippen LogP contribution in [-0.2, 0) is 6.42 Å². The molecule has 18 heavy (non-hydrogen) atoms. The Hall–Kier alpha value is -0.810. The Labute approximate surface area is 123 Å².